The van der Waals surface area contributed by atoms with Crippen LogP contribution in [0.4, 0.5) is 0 Å². The van der Waals surface area contributed by atoms with E-state index in [2.05, 4.69) is 0 Å². The zero-order valence-corrected chi connectivity index (χ0v) is 7.88. The molecule has 60 valence electrons. The lowest BCUT2D eigenvalue weighted by Crippen LogP contribution is -2.33. The first-order valence-electron chi connectivity index (χ1n) is 3.04. The molecule has 2 nitrogen and oxygen atoms in total. The Balaban J connectivity index is 4.40. The molecule has 0 aromatic heterocycles. The highest BCUT2D eigenvalue weighted by atomic mass is 35.7. The maximum atomic E-state index is 11.0. The van der Waals surface area contributed by atoms with Gasteiger partial charge < -0.3 is 0 Å². The van der Waals surface area contributed by atoms with Crippen LogP contribution >= 0.6 is 10.7 Å². The first-order valence-corrected chi connectivity index (χ1v) is 5.02. The Labute approximate surface area is 67.9 Å². The van der Waals surface area contributed by atoms with Crippen molar-refractivity contribution in [3.05, 3.63) is 0 Å². The van der Waals surface area contributed by atoms with Crippen molar-refractivity contribution in [1.82, 2.24) is 0 Å². The van der Waals surface area contributed by atoms with Crippen molar-refractivity contribution in [1.29, 1.82) is 0 Å². The topological polar surface area (TPSA) is 34.1 Å². The maximum absolute atomic E-state index is 11.0. The van der Waals surface area contributed by atoms with Crippen LogP contribution in [0.3, 0.4) is 0 Å². The molecular formula is C6H11ClO2S. The van der Waals surface area contributed by atoms with Crippen LogP contribution in [0.2, 0.25) is 0 Å². The second kappa shape index (κ2) is 3.49. The Morgan fingerprint density at radius 1 is 1.60 bits per heavy atom. The van der Waals surface area contributed by atoms with E-state index in [9.17, 15) is 9.00 Å². The third kappa shape index (κ3) is 2.06. The second-order valence-corrected chi connectivity index (χ2v) is 4.82. The highest BCUT2D eigenvalue weighted by Gasteiger charge is 2.31. The zero-order valence-electron chi connectivity index (χ0n) is 6.31. The zero-order chi connectivity index (χ0) is 8.36. The van der Waals surface area contributed by atoms with E-state index in [4.69, 9.17) is 10.7 Å². The number of rotatable bonds is 3. The molecule has 1 atom stereocenters. The van der Waals surface area contributed by atoms with Gasteiger partial charge in [0.1, 0.15) is 14.8 Å². The van der Waals surface area contributed by atoms with E-state index in [1.54, 1.807) is 20.8 Å². The molecule has 0 aromatic carbocycles. The van der Waals surface area contributed by atoms with E-state index in [1.165, 1.54) is 0 Å². The van der Waals surface area contributed by atoms with Crippen LogP contribution in [0.5, 0.6) is 0 Å². The summed E-state index contributed by atoms with van der Waals surface area (Å²) < 4.78 is 9.83. The van der Waals surface area contributed by atoms with E-state index in [0.29, 0.717) is 6.42 Å². The van der Waals surface area contributed by atoms with E-state index >= 15 is 0 Å². The Hall–Kier alpha value is 0.110. The summed E-state index contributed by atoms with van der Waals surface area (Å²) in [5.74, 6) is -0.0687. The molecule has 0 bridgehead atoms. The molecule has 0 rings (SSSR count). The minimum Gasteiger partial charge on any atom is -0.298 e. The summed E-state index contributed by atoms with van der Waals surface area (Å²) in [4.78, 5) is 11.0. The summed E-state index contributed by atoms with van der Waals surface area (Å²) in [5.41, 5.74) is 0. The quantitative estimate of drug-likeness (QED) is 0.622. The molecular weight excluding hydrogens is 172 g/mol. The normalized spacial score (nSPS) is 14.8. The lowest BCUT2D eigenvalue weighted by molar-refractivity contribution is -0.120. The van der Waals surface area contributed by atoms with Crippen molar-refractivity contribution in [3.8, 4) is 0 Å². The van der Waals surface area contributed by atoms with Crippen LogP contribution in [0.15, 0.2) is 0 Å². The molecule has 0 aliphatic rings. The molecule has 0 N–H and O–H groups in total. The molecule has 0 radical (unpaired) electrons. The van der Waals surface area contributed by atoms with Gasteiger partial charge in [-0.25, -0.2) is 4.21 Å². The van der Waals surface area contributed by atoms with E-state index in [1.807, 2.05) is 0 Å². The van der Waals surface area contributed by atoms with Gasteiger partial charge in [-0.3, -0.25) is 4.79 Å². The van der Waals surface area contributed by atoms with Gasteiger partial charge in [0, 0.05) is 6.42 Å². The fraction of sp³-hybridized carbons (Fsp3) is 0.833. The molecule has 0 heterocycles. The Morgan fingerprint density at radius 2 is 2.00 bits per heavy atom. The molecule has 0 spiro atoms. The SMILES string of the molecule is CCC(=O)C(C)(C)S(=O)Cl. The Morgan fingerprint density at radius 3 is 2.10 bits per heavy atom. The highest BCUT2D eigenvalue weighted by molar-refractivity contribution is 8.10. The number of hydrogen-bond acceptors (Lipinski definition) is 2. The molecule has 0 amide bonds. The molecule has 0 saturated heterocycles. The van der Waals surface area contributed by atoms with Crippen LogP contribution in [0.1, 0.15) is 27.2 Å². The van der Waals surface area contributed by atoms with E-state index < -0.39 is 14.8 Å². The van der Waals surface area contributed by atoms with Gasteiger partial charge in [-0.15, -0.1) is 0 Å². The smallest absolute Gasteiger partial charge is 0.151 e. The molecule has 4 heteroatoms. The first kappa shape index (κ1) is 10.1. The maximum Gasteiger partial charge on any atom is 0.151 e. The molecule has 0 saturated carbocycles. The van der Waals surface area contributed by atoms with Gasteiger partial charge in [0.25, 0.3) is 0 Å². The van der Waals surface area contributed by atoms with E-state index in [0.717, 1.165) is 0 Å². The van der Waals surface area contributed by atoms with Gasteiger partial charge in [0.05, 0.1) is 0 Å². The van der Waals surface area contributed by atoms with Crippen LogP contribution in [0, 0.1) is 0 Å². The number of halogens is 1. The molecule has 0 aliphatic heterocycles. The number of ketones is 1. The number of hydrogen-bond donors (Lipinski definition) is 0. The van der Waals surface area contributed by atoms with Crippen LogP contribution in [0.25, 0.3) is 0 Å². The first-order chi connectivity index (χ1) is 4.42. The predicted octanol–water partition coefficient (Wildman–Crippen LogP) is 1.65. The summed E-state index contributed by atoms with van der Waals surface area (Å²) in [6.45, 7) is 4.90. The van der Waals surface area contributed by atoms with Crippen molar-refractivity contribution >= 4 is 26.5 Å². The molecule has 10 heavy (non-hydrogen) atoms. The van der Waals surface area contributed by atoms with Crippen molar-refractivity contribution in [3.63, 3.8) is 0 Å². The monoisotopic (exact) mass is 182 g/mol. The third-order valence-electron chi connectivity index (χ3n) is 1.39. The van der Waals surface area contributed by atoms with Gasteiger partial charge in [-0.2, -0.15) is 0 Å². The van der Waals surface area contributed by atoms with Gasteiger partial charge in [0.2, 0.25) is 0 Å². The van der Waals surface area contributed by atoms with Gasteiger partial charge in [-0.05, 0) is 24.5 Å². The fourth-order valence-corrected chi connectivity index (χ4v) is 1.10. The summed E-state index contributed by atoms with van der Waals surface area (Å²) >= 11 is 0. The standard InChI is InChI=1S/C6H11ClO2S/c1-4-5(8)6(2,3)10(7)9/h4H2,1-3H3. The van der Waals surface area contributed by atoms with Crippen molar-refractivity contribution in [2.45, 2.75) is 31.9 Å². The highest BCUT2D eigenvalue weighted by Crippen LogP contribution is 2.18. The third-order valence-corrected chi connectivity index (χ3v) is 3.58. The lowest BCUT2D eigenvalue weighted by atomic mass is 10.1. The summed E-state index contributed by atoms with van der Waals surface area (Å²) in [7, 11) is 3.71. The number of Topliss-reactive ketones (excluding diaryl/α,β-unsaturated/α-hetero) is 1. The fourth-order valence-electron chi connectivity index (χ4n) is 0.515. The summed E-state index contributed by atoms with van der Waals surface area (Å²) in [5, 5.41) is 0. The second-order valence-electron chi connectivity index (χ2n) is 2.51. The lowest BCUT2D eigenvalue weighted by Gasteiger charge is -2.16. The Bertz CT molecular complexity index is 165. The van der Waals surface area contributed by atoms with Crippen molar-refractivity contribution < 1.29 is 9.00 Å². The van der Waals surface area contributed by atoms with Crippen molar-refractivity contribution in [2.24, 2.45) is 0 Å². The van der Waals surface area contributed by atoms with Gasteiger partial charge in [0.15, 0.2) is 5.78 Å². The number of carbonyl (C=O) groups excluding carboxylic acids is 1. The van der Waals surface area contributed by atoms with Gasteiger partial charge >= 0.3 is 0 Å². The Kier molecular flexibility index (Phi) is 3.52. The van der Waals surface area contributed by atoms with Gasteiger partial charge in [-0.1, -0.05) is 6.92 Å². The summed E-state index contributed by atoms with van der Waals surface area (Å²) in [6.07, 6.45) is 0.380. The minimum atomic E-state index is -1.58. The molecule has 0 aromatic rings. The average Bonchev–Trinajstić information content (AvgIpc) is 1.86. The predicted molar refractivity (Wildman–Crippen MR) is 43.4 cm³/mol. The van der Waals surface area contributed by atoms with Crippen LogP contribution in [-0.2, 0) is 14.8 Å². The molecule has 0 fully saturated rings. The van der Waals surface area contributed by atoms with E-state index in [-0.39, 0.29) is 5.78 Å². The average molecular weight is 183 g/mol. The summed E-state index contributed by atoms with van der Waals surface area (Å²) in [6, 6.07) is 0. The molecule has 1 unspecified atom stereocenters. The van der Waals surface area contributed by atoms with Crippen LogP contribution in [-0.4, -0.2) is 14.7 Å². The van der Waals surface area contributed by atoms with Crippen LogP contribution < -0.4 is 0 Å². The number of carbonyl (C=O) groups is 1. The minimum absolute atomic E-state index is 0.0687. The molecule has 0 aliphatic carbocycles. The largest absolute Gasteiger partial charge is 0.298 e. The van der Waals surface area contributed by atoms with Crippen molar-refractivity contribution in [2.75, 3.05) is 0 Å².